The van der Waals surface area contributed by atoms with Crippen molar-refractivity contribution in [3.05, 3.63) is 35.4 Å². The molecule has 0 atom stereocenters. The largest absolute Gasteiger partial charge is 0.478 e. The molecular weight excluding hydrogens is 270 g/mol. The molecule has 21 heavy (non-hydrogen) atoms. The van der Waals surface area contributed by atoms with Crippen molar-refractivity contribution in [3.63, 3.8) is 0 Å². The zero-order chi connectivity index (χ0) is 15.1. The Morgan fingerprint density at radius 2 is 2.05 bits per heavy atom. The van der Waals surface area contributed by atoms with Crippen molar-refractivity contribution in [2.45, 2.75) is 6.42 Å². The van der Waals surface area contributed by atoms with Gasteiger partial charge in [-0.15, -0.1) is 0 Å². The number of piperazine rings is 1. The Morgan fingerprint density at radius 3 is 2.76 bits per heavy atom. The molecule has 0 saturated carbocycles. The summed E-state index contributed by atoms with van der Waals surface area (Å²) in [6.45, 7) is 4.59. The van der Waals surface area contributed by atoms with Crippen LogP contribution in [0.1, 0.15) is 15.9 Å². The molecule has 0 radical (unpaired) electrons. The highest BCUT2D eigenvalue weighted by Crippen LogP contribution is 2.05. The number of rotatable bonds is 6. The minimum atomic E-state index is -0.931. The van der Waals surface area contributed by atoms with Gasteiger partial charge in [0.1, 0.15) is 0 Å². The fourth-order valence-electron chi connectivity index (χ4n) is 2.33. The lowest BCUT2D eigenvalue weighted by Gasteiger charge is -2.26. The molecule has 3 N–H and O–H groups in total. The van der Waals surface area contributed by atoms with Crippen LogP contribution in [0.5, 0.6) is 0 Å². The van der Waals surface area contributed by atoms with Crippen molar-refractivity contribution in [2.75, 3.05) is 39.3 Å². The molecule has 114 valence electrons. The first-order valence-electron chi connectivity index (χ1n) is 7.17. The van der Waals surface area contributed by atoms with Crippen LogP contribution < -0.4 is 10.6 Å². The molecule has 2 rings (SSSR count). The number of benzene rings is 1. The normalized spacial score (nSPS) is 15.6. The summed E-state index contributed by atoms with van der Waals surface area (Å²) >= 11 is 0. The Balaban J connectivity index is 1.72. The Bertz CT molecular complexity index is 499. The Hall–Kier alpha value is -1.92. The van der Waals surface area contributed by atoms with Crippen LogP contribution in [-0.4, -0.2) is 61.2 Å². The van der Waals surface area contributed by atoms with Gasteiger partial charge in [-0.25, -0.2) is 4.79 Å². The Morgan fingerprint density at radius 1 is 1.29 bits per heavy atom. The van der Waals surface area contributed by atoms with Gasteiger partial charge in [-0.2, -0.15) is 0 Å². The number of carboxylic acid groups (broad SMARTS) is 1. The van der Waals surface area contributed by atoms with Gasteiger partial charge in [0.25, 0.3) is 0 Å². The van der Waals surface area contributed by atoms with Gasteiger partial charge in [0.05, 0.1) is 12.1 Å². The number of hydrogen-bond acceptors (Lipinski definition) is 4. The number of aromatic carboxylic acids is 1. The lowest BCUT2D eigenvalue weighted by Crippen LogP contribution is -2.47. The van der Waals surface area contributed by atoms with Gasteiger partial charge >= 0.3 is 5.97 Å². The second kappa shape index (κ2) is 7.75. The van der Waals surface area contributed by atoms with Gasteiger partial charge in [0.2, 0.25) is 5.91 Å². The van der Waals surface area contributed by atoms with E-state index in [0.717, 1.165) is 31.7 Å². The van der Waals surface area contributed by atoms with Gasteiger partial charge in [0, 0.05) is 32.7 Å². The molecule has 1 aromatic rings. The van der Waals surface area contributed by atoms with Gasteiger partial charge in [-0.3, -0.25) is 9.69 Å². The second-order valence-corrected chi connectivity index (χ2v) is 5.13. The van der Waals surface area contributed by atoms with Crippen LogP contribution in [0.3, 0.4) is 0 Å². The molecule has 1 aromatic carbocycles. The van der Waals surface area contributed by atoms with Crippen LogP contribution in [0.4, 0.5) is 0 Å². The maximum atomic E-state index is 11.8. The van der Waals surface area contributed by atoms with E-state index in [0.29, 0.717) is 19.5 Å². The number of nitrogens with zero attached hydrogens (tertiary/aromatic N) is 1. The first-order chi connectivity index (χ1) is 10.1. The fraction of sp³-hybridized carbons (Fsp3) is 0.467. The third-order valence-electron chi connectivity index (χ3n) is 3.49. The Kier molecular flexibility index (Phi) is 5.71. The quantitative estimate of drug-likeness (QED) is 0.684. The highest BCUT2D eigenvalue weighted by atomic mass is 16.4. The molecule has 0 aromatic heterocycles. The van der Waals surface area contributed by atoms with Crippen LogP contribution in [0.2, 0.25) is 0 Å². The van der Waals surface area contributed by atoms with Gasteiger partial charge in [-0.05, 0) is 24.1 Å². The number of carbonyl (C=O) groups is 2. The Labute approximate surface area is 124 Å². The van der Waals surface area contributed by atoms with Crippen LogP contribution >= 0.6 is 0 Å². The summed E-state index contributed by atoms with van der Waals surface area (Å²) in [6, 6.07) is 6.80. The maximum absolute atomic E-state index is 11.8. The summed E-state index contributed by atoms with van der Waals surface area (Å²) in [6.07, 6.45) is 0.633. The van der Waals surface area contributed by atoms with Crippen molar-refractivity contribution < 1.29 is 14.7 Å². The number of carbonyl (C=O) groups excluding carboxylic acids is 1. The third kappa shape index (κ3) is 5.17. The van der Waals surface area contributed by atoms with E-state index < -0.39 is 5.97 Å². The number of carboxylic acids is 1. The zero-order valence-corrected chi connectivity index (χ0v) is 12.0. The fourth-order valence-corrected chi connectivity index (χ4v) is 2.33. The van der Waals surface area contributed by atoms with E-state index >= 15 is 0 Å². The van der Waals surface area contributed by atoms with E-state index in [1.165, 1.54) is 0 Å². The monoisotopic (exact) mass is 291 g/mol. The van der Waals surface area contributed by atoms with E-state index in [9.17, 15) is 9.59 Å². The minimum absolute atomic E-state index is 0.0197. The highest BCUT2D eigenvalue weighted by molar-refractivity contribution is 5.87. The average Bonchev–Trinajstić information content (AvgIpc) is 2.48. The number of amides is 1. The van der Waals surface area contributed by atoms with Gasteiger partial charge in [-0.1, -0.05) is 12.1 Å². The molecule has 1 aliphatic rings. The smallest absolute Gasteiger partial charge is 0.335 e. The minimum Gasteiger partial charge on any atom is -0.478 e. The van der Waals surface area contributed by atoms with E-state index in [-0.39, 0.29) is 11.5 Å². The number of hydrogen-bond donors (Lipinski definition) is 3. The average molecular weight is 291 g/mol. The third-order valence-corrected chi connectivity index (χ3v) is 3.49. The molecule has 1 heterocycles. The van der Waals surface area contributed by atoms with Crippen molar-refractivity contribution in [3.8, 4) is 0 Å². The predicted molar refractivity (Wildman–Crippen MR) is 79.4 cm³/mol. The van der Waals surface area contributed by atoms with E-state index in [1.807, 2.05) is 6.07 Å². The summed E-state index contributed by atoms with van der Waals surface area (Å²) in [5.74, 6) is -0.911. The van der Waals surface area contributed by atoms with Crippen molar-refractivity contribution >= 4 is 11.9 Å². The molecule has 6 heteroatoms. The molecular formula is C15H21N3O3. The molecule has 6 nitrogen and oxygen atoms in total. The maximum Gasteiger partial charge on any atom is 0.335 e. The first kappa shape index (κ1) is 15.5. The SMILES string of the molecule is O=C(CN1CCNCC1)NCCc1cccc(C(=O)O)c1. The van der Waals surface area contributed by atoms with Crippen LogP contribution in [0, 0.1) is 0 Å². The van der Waals surface area contributed by atoms with Crippen molar-refractivity contribution in [2.24, 2.45) is 0 Å². The lowest BCUT2D eigenvalue weighted by atomic mass is 10.1. The molecule has 1 saturated heterocycles. The van der Waals surface area contributed by atoms with Crippen LogP contribution in [0.25, 0.3) is 0 Å². The van der Waals surface area contributed by atoms with E-state index in [1.54, 1.807) is 18.2 Å². The summed E-state index contributed by atoms with van der Waals surface area (Å²) in [5, 5.41) is 15.0. The molecule has 0 aliphatic carbocycles. The number of nitrogens with one attached hydrogen (secondary N) is 2. The van der Waals surface area contributed by atoms with Crippen LogP contribution in [0.15, 0.2) is 24.3 Å². The zero-order valence-electron chi connectivity index (χ0n) is 12.0. The molecule has 0 unspecified atom stereocenters. The van der Waals surface area contributed by atoms with Gasteiger partial charge < -0.3 is 15.7 Å². The molecule has 1 amide bonds. The van der Waals surface area contributed by atoms with Crippen LogP contribution in [-0.2, 0) is 11.2 Å². The predicted octanol–water partition coefficient (Wildman–Crippen LogP) is -0.0513. The standard InChI is InChI=1S/C15H21N3O3/c19-14(11-18-8-6-16-7-9-18)17-5-4-12-2-1-3-13(10-12)15(20)21/h1-3,10,16H,4-9,11H2,(H,17,19)(H,20,21). The highest BCUT2D eigenvalue weighted by Gasteiger charge is 2.12. The van der Waals surface area contributed by atoms with Gasteiger partial charge in [0.15, 0.2) is 0 Å². The first-order valence-corrected chi connectivity index (χ1v) is 7.17. The summed E-state index contributed by atoms with van der Waals surface area (Å²) in [7, 11) is 0. The summed E-state index contributed by atoms with van der Waals surface area (Å²) in [4.78, 5) is 24.8. The summed E-state index contributed by atoms with van der Waals surface area (Å²) in [5.41, 5.74) is 1.19. The molecule has 0 bridgehead atoms. The van der Waals surface area contributed by atoms with E-state index in [2.05, 4.69) is 15.5 Å². The topological polar surface area (TPSA) is 81.7 Å². The summed E-state index contributed by atoms with van der Waals surface area (Å²) < 4.78 is 0. The van der Waals surface area contributed by atoms with Crippen molar-refractivity contribution in [1.29, 1.82) is 0 Å². The second-order valence-electron chi connectivity index (χ2n) is 5.13. The lowest BCUT2D eigenvalue weighted by molar-refractivity contribution is -0.122. The molecule has 0 spiro atoms. The van der Waals surface area contributed by atoms with E-state index in [4.69, 9.17) is 5.11 Å². The van der Waals surface area contributed by atoms with Crippen molar-refractivity contribution in [1.82, 2.24) is 15.5 Å². The molecule has 1 fully saturated rings. The molecule has 1 aliphatic heterocycles.